The Hall–Kier alpha value is -1.16. The van der Waals surface area contributed by atoms with Crippen molar-refractivity contribution >= 4 is 19.4 Å². The third-order valence-corrected chi connectivity index (χ3v) is 8.82. The van der Waals surface area contributed by atoms with Crippen LogP contribution in [-0.2, 0) is 4.79 Å². The van der Waals surface area contributed by atoms with E-state index in [0.29, 0.717) is 18.8 Å². The highest BCUT2D eigenvalue weighted by atomic mass is 28.4. The van der Waals surface area contributed by atoms with Gasteiger partial charge in [0.15, 0.2) is 0 Å². The van der Waals surface area contributed by atoms with Gasteiger partial charge in [0, 0.05) is 12.3 Å². The largest absolute Gasteiger partial charge is 0.493 e. The first-order chi connectivity index (χ1) is 10.2. The highest BCUT2D eigenvalue weighted by Crippen LogP contribution is 2.33. The van der Waals surface area contributed by atoms with Crippen LogP contribution in [0.5, 0.6) is 5.75 Å². The van der Waals surface area contributed by atoms with Gasteiger partial charge in [-0.15, -0.1) is 0 Å². The second-order valence-electron chi connectivity index (χ2n) is 6.82. The van der Waals surface area contributed by atoms with E-state index in [0.717, 1.165) is 5.19 Å². The number of halogens is 1. The summed E-state index contributed by atoms with van der Waals surface area (Å²) in [6, 6.07) is 7.35. The van der Waals surface area contributed by atoms with Crippen molar-refractivity contribution in [2.45, 2.75) is 59.0 Å². The molecule has 0 saturated carbocycles. The maximum absolute atomic E-state index is 15.4. The molecule has 0 amide bonds. The Morgan fingerprint density at radius 2 is 1.55 bits per heavy atom. The van der Waals surface area contributed by atoms with Crippen molar-refractivity contribution in [1.82, 2.24) is 0 Å². The zero-order chi connectivity index (χ0) is 16.9. The molecule has 0 N–H and O–H groups in total. The Labute approximate surface area is 135 Å². The van der Waals surface area contributed by atoms with Gasteiger partial charge in [-0.05, 0) is 28.4 Å². The molecule has 0 unspecified atom stereocenters. The fourth-order valence-corrected chi connectivity index (χ4v) is 6.04. The Bertz CT molecular complexity index is 472. The molecule has 2 nitrogen and oxygen atoms in total. The lowest BCUT2D eigenvalue weighted by Crippen LogP contribution is -2.48. The van der Waals surface area contributed by atoms with Crippen molar-refractivity contribution in [2.75, 3.05) is 6.61 Å². The Morgan fingerprint density at radius 1 is 1.05 bits per heavy atom. The van der Waals surface area contributed by atoms with Crippen LogP contribution in [0.1, 0.15) is 48.0 Å². The number of ether oxygens (including phenoxy) is 1. The molecule has 1 aromatic carbocycles. The Morgan fingerprint density at radius 3 is 1.95 bits per heavy atom. The lowest BCUT2D eigenvalue weighted by molar-refractivity contribution is -0.122. The number of Topliss-reactive ketones (excluding diaryl/α,β-unsaturated/α-hetero) is 1. The van der Waals surface area contributed by atoms with Crippen LogP contribution in [0.15, 0.2) is 24.3 Å². The van der Waals surface area contributed by atoms with E-state index < -0.39 is 8.41 Å². The van der Waals surface area contributed by atoms with Gasteiger partial charge >= 0.3 is 0 Å². The standard InChI is InChI=1S/C18H29FO2Si/c1-13(2)18(20)11-12-21-16-7-9-17(10-8-16)22(19,14(3)4)15(5)6/h7-10,13-15H,11-12H2,1-6H3. The minimum absolute atomic E-state index is 0.0428. The molecular weight excluding hydrogens is 295 g/mol. The number of rotatable bonds is 8. The number of hydrogen-bond donors (Lipinski definition) is 0. The second-order valence-corrected chi connectivity index (χ2v) is 11.2. The molecule has 22 heavy (non-hydrogen) atoms. The summed E-state index contributed by atoms with van der Waals surface area (Å²) in [7, 11) is -2.98. The molecule has 0 atom stereocenters. The molecule has 4 heteroatoms. The Kier molecular flexibility index (Phi) is 6.79. The van der Waals surface area contributed by atoms with E-state index in [1.165, 1.54) is 0 Å². The third kappa shape index (κ3) is 4.42. The van der Waals surface area contributed by atoms with Gasteiger partial charge in [0.1, 0.15) is 11.5 Å². The minimum Gasteiger partial charge on any atom is -0.493 e. The van der Waals surface area contributed by atoms with E-state index in [4.69, 9.17) is 4.74 Å². The fraction of sp³-hybridized carbons (Fsp3) is 0.611. The summed E-state index contributed by atoms with van der Waals surface area (Å²) in [6.45, 7) is 12.0. The maximum atomic E-state index is 15.4. The predicted molar refractivity (Wildman–Crippen MR) is 93.1 cm³/mol. The minimum atomic E-state index is -2.98. The van der Waals surface area contributed by atoms with Gasteiger partial charge < -0.3 is 8.84 Å². The van der Waals surface area contributed by atoms with Gasteiger partial charge in [0.05, 0.1) is 6.61 Å². The van der Waals surface area contributed by atoms with E-state index >= 15 is 4.11 Å². The summed E-state index contributed by atoms with van der Waals surface area (Å²) in [6.07, 6.45) is 0.416. The highest BCUT2D eigenvalue weighted by molar-refractivity contribution is 6.88. The number of hydrogen-bond acceptors (Lipinski definition) is 2. The van der Waals surface area contributed by atoms with Crippen molar-refractivity contribution in [3.63, 3.8) is 0 Å². The quantitative estimate of drug-likeness (QED) is 0.515. The molecule has 0 fully saturated rings. The van der Waals surface area contributed by atoms with E-state index in [1.807, 2.05) is 65.8 Å². The lowest BCUT2D eigenvalue weighted by atomic mass is 10.1. The molecule has 0 radical (unpaired) electrons. The monoisotopic (exact) mass is 324 g/mol. The van der Waals surface area contributed by atoms with Crippen LogP contribution >= 0.6 is 0 Å². The number of carbonyl (C=O) groups excluding carboxylic acids is 1. The molecule has 0 heterocycles. The van der Waals surface area contributed by atoms with Crippen LogP contribution in [0.25, 0.3) is 0 Å². The lowest BCUT2D eigenvalue weighted by Gasteiger charge is -2.30. The molecule has 0 aliphatic rings. The topological polar surface area (TPSA) is 26.3 Å². The van der Waals surface area contributed by atoms with Crippen LogP contribution in [-0.4, -0.2) is 20.8 Å². The highest BCUT2D eigenvalue weighted by Gasteiger charge is 2.43. The summed E-state index contributed by atoms with van der Waals surface area (Å²) in [4.78, 5) is 11.5. The van der Waals surface area contributed by atoms with Gasteiger partial charge in [-0.1, -0.05) is 53.7 Å². The molecule has 0 aromatic heterocycles. The molecule has 1 rings (SSSR count). The number of benzene rings is 1. The summed E-state index contributed by atoms with van der Waals surface area (Å²) in [5.41, 5.74) is 0.0888. The summed E-state index contributed by atoms with van der Waals surface area (Å²) in [5, 5.41) is 0.822. The normalized spacial score (nSPS) is 12.3. The summed E-state index contributed by atoms with van der Waals surface area (Å²) in [5.74, 6) is 0.941. The second kappa shape index (κ2) is 7.91. The van der Waals surface area contributed by atoms with Gasteiger partial charge in [0.25, 0.3) is 8.41 Å². The first kappa shape index (κ1) is 18.9. The van der Waals surface area contributed by atoms with E-state index in [-0.39, 0.29) is 22.8 Å². The Balaban J connectivity index is 2.72. The maximum Gasteiger partial charge on any atom is 0.282 e. The number of ketones is 1. The fourth-order valence-electron chi connectivity index (χ4n) is 2.70. The predicted octanol–water partition coefficient (Wildman–Crippen LogP) is 4.62. The molecule has 0 spiro atoms. The SMILES string of the molecule is CC(C)C(=O)CCOc1ccc([Si](F)(C(C)C)C(C)C)cc1. The van der Waals surface area contributed by atoms with Crippen LogP contribution in [0.2, 0.25) is 11.1 Å². The molecule has 0 aliphatic heterocycles. The van der Waals surface area contributed by atoms with Gasteiger partial charge in [-0.3, -0.25) is 4.79 Å². The molecule has 124 valence electrons. The smallest absolute Gasteiger partial charge is 0.282 e. The van der Waals surface area contributed by atoms with Crippen molar-refractivity contribution in [1.29, 1.82) is 0 Å². The van der Waals surface area contributed by atoms with Crippen LogP contribution in [0.4, 0.5) is 4.11 Å². The zero-order valence-electron chi connectivity index (χ0n) is 14.7. The molecule has 0 saturated heterocycles. The average molecular weight is 325 g/mol. The van der Waals surface area contributed by atoms with E-state index in [9.17, 15) is 4.79 Å². The zero-order valence-corrected chi connectivity index (χ0v) is 15.7. The van der Waals surface area contributed by atoms with Crippen LogP contribution in [0, 0.1) is 5.92 Å². The first-order valence-electron chi connectivity index (χ1n) is 8.14. The molecule has 0 aliphatic carbocycles. The summed E-state index contributed by atoms with van der Waals surface area (Å²) >= 11 is 0. The average Bonchev–Trinajstić information content (AvgIpc) is 2.46. The van der Waals surface area contributed by atoms with E-state index in [2.05, 4.69) is 0 Å². The molecule has 1 aromatic rings. The molecular formula is C18H29FO2Si. The van der Waals surface area contributed by atoms with Gasteiger partial charge in [-0.25, -0.2) is 0 Å². The van der Waals surface area contributed by atoms with Crippen molar-refractivity contribution in [3.05, 3.63) is 24.3 Å². The first-order valence-corrected chi connectivity index (χ1v) is 10.2. The summed E-state index contributed by atoms with van der Waals surface area (Å²) < 4.78 is 21.0. The van der Waals surface area contributed by atoms with Crippen LogP contribution in [0.3, 0.4) is 0 Å². The van der Waals surface area contributed by atoms with E-state index in [1.54, 1.807) is 0 Å². The molecule has 0 bridgehead atoms. The van der Waals surface area contributed by atoms with Crippen molar-refractivity contribution in [3.8, 4) is 5.75 Å². The third-order valence-electron chi connectivity index (χ3n) is 4.24. The van der Waals surface area contributed by atoms with Crippen LogP contribution < -0.4 is 9.92 Å². The van der Waals surface area contributed by atoms with Gasteiger partial charge in [-0.2, -0.15) is 0 Å². The van der Waals surface area contributed by atoms with Crippen molar-refractivity contribution in [2.24, 2.45) is 5.92 Å². The van der Waals surface area contributed by atoms with Gasteiger partial charge in [0.2, 0.25) is 0 Å². The van der Waals surface area contributed by atoms with Crippen molar-refractivity contribution < 1.29 is 13.6 Å². The number of carbonyl (C=O) groups is 1.